The predicted octanol–water partition coefficient (Wildman–Crippen LogP) is 4.17. The van der Waals surface area contributed by atoms with Crippen LogP contribution in [-0.4, -0.2) is 35.6 Å². The Morgan fingerprint density at radius 1 is 1.33 bits per heavy atom. The first-order chi connectivity index (χ1) is 9.82. The van der Waals surface area contributed by atoms with Crippen LogP contribution in [0.1, 0.15) is 51.6 Å². The van der Waals surface area contributed by atoms with E-state index in [-0.39, 0.29) is 5.54 Å². The number of hydrogen-bond acceptors (Lipinski definition) is 5. The number of thioether (sulfide) groups is 1. The van der Waals surface area contributed by atoms with Crippen molar-refractivity contribution in [1.29, 1.82) is 0 Å². The number of aryl methyl sites for hydroxylation is 1. The molecular weight excluding hydrogens is 298 g/mol. The molecule has 0 radical (unpaired) electrons. The molecule has 0 fully saturated rings. The molecule has 0 aliphatic rings. The highest BCUT2D eigenvalue weighted by Crippen LogP contribution is 2.29. The summed E-state index contributed by atoms with van der Waals surface area (Å²) in [5.74, 6) is 1.16. The zero-order valence-electron chi connectivity index (χ0n) is 14.6. The Morgan fingerprint density at radius 2 is 2.00 bits per heavy atom. The van der Waals surface area contributed by atoms with Gasteiger partial charge in [-0.05, 0) is 39.9 Å². The molecule has 1 atom stereocenters. The van der Waals surface area contributed by atoms with Crippen LogP contribution in [0.2, 0.25) is 0 Å². The molecule has 3 nitrogen and oxygen atoms in total. The zero-order chi connectivity index (χ0) is 16.0. The predicted molar refractivity (Wildman–Crippen MR) is 98.9 cm³/mol. The first kappa shape index (κ1) is 18.8. The molecule has 5 heteroatoms. The van der Waals surface area contributed by atoms with Crippen molar-refractivity contribution in [1.82, 2.24) is 10.3 Å². The second kappa shape index (κ2) is 8.39. The topological polar surface area (TPSA) is 28.2 Å². The number of thiazole rings is 1. The quantitative estimate of drug-likeness (QED) is 0.775. The zero-order valence-corrected chi connectivity index (χ0v) is 16.2. The van der Waals surface area contributed by atoms with Crippen LogP contribution in [-0.2, 0) is 13.0 Å². The molecule has 0 aliphatic heterocycles. The smallest absolute Gasteiger partial charge is 0.185 e. The third-order valence-corrected chi connectivity index (χ3v) is 5.47. The molecule has 1 unspecified atom stereocenters. The third kappa shape index (κ3) is 5.80. The molecular formula is C16H31N3S2. The van der Waals surface area contributed by atoms with Gasteiger partial charge in [-0.2, -0.15) is 11.8 Å². The molecule has 0 bridgehead atoms. The Labute approximate surface area is 138 Å². The molecule has 0 saturated carbocycles. The Hall–Kier alpha value is -0.260. The van der Waals surface area contributed by atoms with Crippen molar-refractivity contribution in [3.63, 3.8) is 0 Å². The second-order valence-electron chi connectivity index (χ2n) is 6.45. The largest absolute Gasteiger partial charge is 0.347 e. The molecule has 1 N–H and O–H groups in total. The van der Waals surface area contributed by atoms with Crippen molar-refractivity contribution in [3.05, 3.63) is 10.6 Å². The number of nitrogens with zero attached hydrogens (tertiary/aromatic N) is 2. The summed E-state index contributed by atoms with van der Waals surface area (Å²) in [6.07, 6.45) is 4.34. The van der Waals surface area contributed by atoms with Gasteiger partial charge in [0, 0.05) is 35.8 Å². The van der Waals surface area contributed by atoms with E-state index in [0.717, 1.165) is 25.1 Å². The molecule has 0 aromatic carbocycles. The second-order valence-corrected chi connectivity index (χ2v) is 8.42. The van der Waals surface area contributed by atoms with Gasteiger partial charge in [-0.15, -0.1) is 11.3 Å². The number of aromatic nitrogens is 1. The van der Waals surface area contributed by atoms with Crippen molar-refractivity contribution in [2.45, 2.75) is 65.6 Å². The first-order valence-electron chi connectivity index (χ1n) is 7.77. The monoisotopic (exact) mass is 329 g/mol. The normalized spacial score (nSPS) is 13.5. The van der Waals surface area contributed by atoms with Crippen molar-refractivity contribution in [2.75, 3.05) is 24.0 Å². The van der Waals surface area contributed by atoms with Crippen LogP contribution in [0.5, 0.6) is 0 Å². The van der Waals surface area contributed by atoms with E-state index >= 15 is 0 Å². The van der Waals surface area contributed by atoms with Crippen LogP contribution >= 0.6 is 23.1 Å². The van der Waals surface area contributed by atoms with E-state index in [0.29, 0.717) is 6.04 Å². The van der Waals surface area contributed by atoms with Gasteiger partial charge in [0.05, 0.1) is 5.69 Å². The van der Waals surface area contributed by atoms with Crippen molar-refractivity contribution in [3.8, 4) is 0 Å². The SMILES string of the molecule is CCc1nc(N(C)C(CC)CSC)sc1CNC(C)(C)C. The summed E-state index contributed by atoms with van der Waals surface area (Å²) in [5.41, 5.74) is 1.39. The highest BCUT2D eigenvalue weighted by atomic mass is 32.2. The van der Waals surface area contributed by atoms with E-state index in [1.807, 2.05) is 23.1 Å². The molecule has 0 spiro atoms. The van der Waals surface area contributed by atoms with E-state index in [1.165, 1.54) is 15.7 Å². The molecule has 21 heavy (non-hydrogen) atoms. The molecule has 1 aromatic rings. The lowest BCUT2D eigenvalue weighted by molar-refractivity contribution is 0.425. The van der Waals surface area contributed by atoms with Gasteiger partial charge in [-0.3, -0.25) is 0 Å². The Morgan fingerprint density at radius 3 is 2.48 bits per heavy atom. The standard InChI is InChI=1S/C16H31N3S2/c1-8-12(11-20-7)19(6)15-18-13(9-2)14(21-15)10-17-16(3,4)5/h12,17H,8-11H2,1-7H3. The number of rotatable bonds is 8. The maximum atomic E-state index is 4.88. The van der Waals surface area contributed by atoms with Crippen LogP contribution in [0.15, 0.2) is 0 Å². The minimum Gasteiger partial charge on any atom is -0.347 e. The number of nitrogens with one attached hydrogen (secondary N) is 1. The van der Waals surface area contributed by atoms with Crippen LogP contribution < -0.4 is 10.2 Å². The fraction of sp³-hybridized carbons (Fsp3) is 0.812. The number of hydrogen-bond donors (Lipinski definition) is 1. The van der Waals surface area contributed by atoms with E-state index in [4.69, 9.17) is 4.98 Å². The average Bonchev–Trinajstić information content (AvgIpc) is 2.84. The van der Waals surface area contributed by atoms with Gasteiger partial charge in [0.1, 0.15) is 0 Å². The fourth-order valence-corrected chi connectivity index (χ4v) is 4.10. The van der Waals surface area contributed by atoms with Crippen LogP contribution in [0, 0.1) is 0 Å². The average molecular weight is 330 g/mol. The lowest BCUT2D eigenvalue weighted by atomic mass is 10.1. The summed E-state index contributed by atoms with van der Waals surface area (Å²) in [6, 6.07) is 0.569. The van der Waals surface area contributed by atoms with E-state index in [1.54, 1.807) is 0 Å². The highest BCUT2D eigenvalue weighted by Gasteiger charge is 2.19. The van der Waals surface area contributed by atoms with Crippen molar-refractivity contribution < 1.29 is 0 Å². The maximum absolute atomic E-state index is 4.88. The molecule has 1 heterocycles. The van der Waals surface area contributed by atoms with Crippen molar-refractivity contribution in [2.24, 2.45) is 0 Å². The minimum atomic E-state index is 0.145. The van der Waals surface area contributed by atoms with Gasteiger partial charge in [0.2, 0.25) is 0 Å². The molecule has 1 aromatic heterocycles. The van der Waals surface area contributed by atoms with Gasteiger partial charge >= 0.3 is 0 Å². The molecule has 0 saturated heterocycles. The molecule has 0 amide bonds. The van der Waals surface area contributed by atoms with Gasteiger partial charge in [0.25, 0.3) is 0 Å². The Kier molecular flexibility index (Phi) is 7.51. The van der Waals surface area contributed by atoms with E-state index in [9.17, 15) is 0 Å². The summed E-state index contributed by atoms with van der Waals surface area (Å²) in [5, 5.41) is 4.75. The maximum Gasteiger partial charge on any atom is 0.185 e. The molecule has 122 valence electrons. The Bertz CT molecular complexity index is 424. The van der Waals surface area contributed by atoms with Gasteiger partial charge in [-0.25, -0.2) is 4.98 Å². The summed E-state index contributed by atoms with van der Waals surface area (Å²) in [7, 11) is 2.18. The highest BCUT2D eigenvalue weighted by molar-refractivity contribution is 7.98. The van der Waals surface area contributed by atoms with Gasteiger partial charge in [0.15, 0.2) is 5.13 Å². The summed E-state index contributed by atoms with van der Waals surface area (Å²) < 4.78 is 0. The lowest BCUT2D eigenvalue weighted by Gasteiger charge is -2.26. The molecule has 0 aliphatic carbocycles. The van der Waals surface area contributed by atoms with Crippen molar-refractivity contribution >= 4 is 28.2 Å². The summed E-state index contributed by atoms with van der Waals surface area (Å²) in [4.78, 5) is 8.62. The first-order valence-corrected chi connectivity index (χ1v) is 9.98. The fourth-order valence-electron chi connectivity index (χ4n) is 2.13. The Balaban J connectivity index is 2.87. The van der Waals surface area contributed by atoms with Crippen LogP contribution in [0.4, 0.5) is 5.13 Å². The van der Waals surface area contributed by atoms with Crippen LogP contribution in [0.3, 0.4) is 0 Å². The number of anilines is 1. The van der Waals surface area contributed by atoms with Gasteiger partial charge in [-0.1, -0.05) is 13.8 Å². The van der Waals surface area contributed by atoms with Crippen LogP contribution in [0.25, 0.3) is 0 Å². The van der Waals surface area contributed by atoms with E-state index < -0.39 is 0 Å². The lowest BCUT2D eigenvalue weighted by Crippen LogP contribution is -2.35. The summed E-state index contributed by atoms with van der Waals surface area (Å²) in [6.45, 7) is 12.0. The molecule has 1 rings (SSSR count). The van der Waals surface area contributed by atoms with Gasteiger partial charge < -0.3 is 10.2 Å². The van der Waals surface area contributed by atoms with E-state index in [2.05, 4.69) is 58.1 Å². The minimum absolute atomic E-state index is 0.145. The summed E-state index contributed by atoms with van der Waals surface area (Å²) >= 11 is 3.76. The third-order valence-electron chi connectivity index (χ3n) is 3.56.